The number of carbonyl (C=O) groups excluding carboxylic acids is 1. The van der Waals surface area contributed by atoms with Crippen LogP contribution in [0, 0.1) is 6.92 Å². The average molecular weight is 305 g/mol. The molecule has 1 amide bonds. The maximum absolute atomic E-state index is 12.6. The first-order chi connectivity index (χ1) is 10.1. The second-order valence-electron chi connectivity index (χ2n) is 6.12. The van der Waals surface area contributed by atoms with Gasteiger partial charge in [-0.1, -0.05) is 43.5 Å². The van der Waals surface area contributed by atoms with E-state index in [9.17, 15) is 4.79 Å². The van der Waals surface area contributed by atoms with E-state index in [2.05, 4.69) is 31.2 Å². The minimum Gasteiger partial charge on any atom is -0.342 e. The predicted octanol–water partition coefficient (Wildman–Crippen LogP) is 4.41. The fourth-order valence-corrected chi connectivity index (χ4v) is 4.06. The molecule has 0 heterocycles. The molecule has 116 valence electrons. The summed E-state index contributed by atoms with van der Waals surface area (Å²) in [5.74, 6) is 1.21. The molecule has 1 aliphatic carbocycles. The van der Waals surface area contributed by atoms with E-state index >= 15 is 0 Å². The minimum absolute atomic E-state index is 0.0385. The molecule has 3 heteroatoms. The Morgan fingerprint density at radius 2 is 1.95 bits per heavy atom. The molecule has 0 saturated heterocycles. The molecule has 0 bridgehead atoms. The van der Waals surface area contributed by atoms with E-state index in [-0.39, 0.29) is 5.25 Å². The number of benzene rings is 1. The van der Waals surface area contributed by atoms with Crippen molar-refractivity contribution in [2.75, 3.05) is 7.05 Å². The molecule has 2 nitrogen and oxygen atoms in total. The van der Waals surface area contributed by atoms with Gasteiger partial charge in [0.05, 0.1) is 5.25 Å². The van der Waals surface area contributed by atoms with Gasteiger partial charge in [0.1, 0.15) is 0 Å². The zero-order valence-corrected chi connectivity index (χ0v) is 14.3. The van der Waals surface area contributed by atoms with Crippen molar-refractivity contribution in [3.05, 3.63) is 35.4 Å². The third kappa shape index (κ3) is 4.50. The number of hydrogen-bond donors (Lipinski definition) is 0. The summed E-state index contributed by atoms with van der Waals surface area (Å²) in [6, 6.07) is 8.90. The summed E-state index contributed by atoms with van der Waals surface area (Å²) in [5, 5.41) is 0.0385. The molecule has 0 aliphatic heterocycles. The molecule has 1 atom stereocenters. The molecular formula is C18H27NOS. The van der Waals surface area contributed by atoms with Crippen molar-refractivity contribution < 1.29 is 4.79 Å². The van der Waals surface area contributed by atoms with Crippen LogP contribution in [0.25, 0.3) is 0 Å². The van der Waals surface area contributed by atoms with Crippen LogP contribution in [-0.4, -0.2) is 29.1 Å². The Bertz CT molecular complexity index is 468. The van der Waals surface area contributed by atoms with E-state index in [4.69, 9.17) is 0 Å². The van der Waals surface area contributed by atoms with Crippen molar-refractivity contribution in [2.24, 2.45) is 0 Å². The zero-order valence-electron chi connectivity index (χ0n) is 13.5. The fourth-order valence-electron chi connectivity index (χ4n) is 2.99. The number of rotatable bonds is 5. The quantitative estimate of drug-likeness (QED) is 0.803. The molecule has 0 N–H and O–H groups in total. The molecule has 1 fully saturated rings. The minimum atomic E-state index is 0.0385. The van der Waals surface area contributed by atoms with Crippen LogP contribution >= 0.6 is 11.8 Å². The molecule has 1 unspecified atom stereocenters. The summed E-state index contributed by atoms with van der Waals surface area (Å²) in [5.41, 5.74) is 2.65. The van der Waals surface area contributed by atoms with E-state index in [0.29, 0.717) is 11.9 Å². The van der Waals surface area contributed by atoms with Gasteiger partial charge in [0.2, 0.25) is 5.91 Å². The average Bonchev–Trinajstić information content (AvgIpc) is 2.53. The molecular weight excluding hydrogens is 278 g/mol. The van der Waals surface area contributed by atoms with Crippen LogP contribution in [-0.2, 0) is 10.5 Å². The third-order valence-corrected chi connectivity index (χ3v) is 5.75. The van der Waals surface area contributed by atoms with Gasteiger partial charge in [-0.25, -0.2) is 0 Å². The maximum Gasteiger partial charge on any atom is 0.235 e. The van der Waals surface area contributed by atoms with Crippen molar-refractivity contribution in [3.63, 3.8) is 0 Å². The summed E-state index contributed by atoms with van der Waals surface area (Å²) >= 11 is 1.75. The first-order valence-electron chi connectivity index (χ1n) is 8.02. The Morgan fingerprint density at radius 3 is 2.62 bits per heavy atom. The van der Waals surface area contributed by atoms with Gasteiger partial charge in [-0.2, -0.15) is 0 Å². The smallest absolute Gasteiger partial charge is 0.235 e. The number of aryl methyl sites for hydroxylation is 1. The Balaban J connectivity index is 1.85. The predicted molar refractivity (Wildman–Crippen MR) is 91.6 cm³/mol. The Hall–Kier alpha value is -0.960. The van der Waals surface area contributed by atoms with E-state index < -0.39 is 0 Å². The van der Waals surface area contributed by atoms with Gasteiger partial charge in [-0.05, 0) is 37.8 Å². The summed E-state index contributed by atoms with van der Waals surface area (Å²) in [7, 11) is 1.99. The monoisotopic (exact) mass is 305 g/mol. The fraction of sp³-hybridized carbons (Fsp3) is 0.611. The lowest BCUT2D eigenvalue weighted by Crippen LogP contribution is -2.42. The highest BCUT2D eigenvalue weighted by Gasteiger charge is 2.25. The second-order valence-corrected chi connectivity index (χ2v) is 7.45. The number of hydrogen-bond acceptors (Lipinski definition) is 2. The molecule has 0 radical (unpaired) electrons. The van der Waals surface area contributed by atoms with Gasteiger partial charge in [-0.3, -0.25) is 4.79 Å². The second kappa shape index (κ2) is 7.88. The maximum atomic E-state index is 12.6. The first kappa shape index (κ1) is 16.4. The summed E-state index contributed by atoms with van der Waals surface area (Å²) in [6.07, 6.45) is 6.23. The summed E-state index contributed by atoms with van der Waals surface area (Å²) < 4.78 is 0. The third-order valence-electron chi connectivity index (χ3n) is 4.57. The lowest BCUT2D eigenvalue weighted by molar-refractivity contribution is -0.131. The lowest BCUT2D eigenvalue weighted by Gasteiger charge is -2.32. The Morgan fingerprint density at radius 1 is 1.29 bits per heavy atom. The van der Waals surface area contributed by atoms with Crippen LogP contribution in [0.3, 0.4) is 0 Å². The molecule has 0 spiro atoms. The van der Waals surface area contributed by atoms with Crippen molar-refractivity contribution in [1.29, 1.82) is 0 Å². The van der Waals surface area contributed by atoms with Crippen LogP contribution < -0.4 is 0 Å². The number of thioether (sulfide) groups is 1. The molecule has 1 saturated carbocycles. The van der Waals surface area contributed by atoms with Gasteiger partial charge < -0.3 is 4.90 Å². The van der Waals surface area contributed by atoms with Crippen LogP contribution in [0.2, 0.25) is 0 Å². The Labute approximate surface area is 133 Å². The zero-order chi connectivity index (χ0) is 15.2. The molecule has 1 aliphatic rings. The molecule has 0 aromatic heterocycles. The standard InChI is InChI=1S/C18H27NOS/c1-14-9-7-8-10-16(14)13-21-15(2)18(20)19(3)17-11-5-4-6-12-17/h7-10,15,17H,4-6,11-13H2,1-3H3. The highest BCUT2D eigenvalue weighted by Crippen LogP contribution is 2.25. The van der Waals surface area contributed by atoms with Crippen molar-refractivity contribution in [2.45, 2.75) is 63.0 Å². The first-order valence-corrected chi connectivity index (χ1v) is 9.07. The molecule has 21 heavy (non-hydrogen) atoms. The topological polar surface area (TPSA) is 20.3 Å². The van der Waals surface area contributed by atoms with E-state index in [1.165, 1.54) is 43.2 Å². The van der Waals surface area contributed by atoms with Gasteiger partial charge in [-0.15, -0.1) is 11.8 Å². The highest BCUT2D eigenvalue weighted by atomic mass is 32.2. The Kier molecular flexibility index (Phi) is 6.16. The highest BCUT2D eigenvalue weighted by molar-refractivity contribution is 7.99. The van der Waals surface area contributed by atoms with E-state index in [1.807, 2.05) is 18.9 Å². The van der Waals surface area contributed by atoms with Crippen LogP contribution in [0.4, 0.5) is 0 Å². The summed E-state index contributed by atoms with van der Waals surface area (Å²) in [6.45, 7) is 4.18. The number of amides is 1. The van der Waals surface area contributed by atoms with Gasteiger partial charge in [0.25, 0.3) is 0 Å². The van der Waals surface area contributed by atoms with Gasteiger partial charge >= 0.3 is 0 Å². The van der Waals surface area contributed by atoms with Gasteiger partial charge in [0, 0.05) is 18.8 Å². The van der Waals surface area contributed by atoms with Crippen molar-refractivity contribution in [1.82, 2.24) is 4.90 Å². The molecule has 1 aromatic rings. The van der Waals surface area contributed by atoms with Crippen molar-refractivity contribution in [3.8, 4) is 0 Å². The number of nitrogens with zero attached hydrogens (tertiary/aromatic N) is 1. The van der Waals surface area contributed by atoms with Crippen molar-refractivity contribution >= 4 is 17.7 Å². The largest absolute Gasteiger partial charge is 0.342 e. The van der Waals surface area contributed by atoms with Crippen LogP contribution in [0.1, 0.15) is 50.2 Å². The van der Waals surface area contributed by atoms with E-state index in [1.54, 1.807) is 11.8 Å². The lowest BCUT2D eigenvalue weighted by atomic mass is 9.94. The normalized spacial score (nSPS) is 17.5. The molecule has 1 aromatic carbocycles. The van der Waals surface area contributed by atoms with Gasteiger partial charge in [0.15, 0.2) is 0 Å². The number of carbonyl (C=O) groups is 1. The van der Waals surface area contributed by atoms with E-state index in [0.717, 1.165) is 5.75 Å². The van der Waals surface area contributed by atoms with Crippen LogP contribution in [0.15, 0.2) is 24.3 Å². The molecule has 2 rings (SSSR count). The SMILES string of the molecule is Cc1ccccc1CSC(C)C(=O)N(C)C1CCCCC1. The summed E-state index contributed by atoms with van der Waals surface area (Å²) in [4.78, 5) is 14.6. The van der Waals surface area contributed by atoms with Crippen LogP contribution in [0.5, 0.6) is 0 Å².